The highest BCUT2D eigenvalue weighted by Crippen LogP contribution is 2.24. The van der Waals surface area contributed by atoms with Crippen LogP contribution in [-0.4, -0.2) is 20.9 Å². The molecule has 23 heavy (non-hydrogen) atoms. The summed E-state index contributed by atoms with van der Waals surface area (Å²) in [5.41, 5.74) is 1.97. The molecule has 0 unspecified atom stereocenters. The zero-order valence-corrected chi connectivity index (χ0v) is 13.6. The minimum absolute atomic E-state index is 0.109. The number of carbonyl (C=O) groups excluding carboxylic acids is 1. The van der Waals surface area contributed by atoms with Crippen molar-refractivity contribution in [1.82, 2.24) is 0 Å². The van der Waals surface area contributed by atoms with E-state index in [1.54, 1.807) is 60.4 Å². The van der Waals surface area contributed by atoms with Gasteiger partial charge in [0.25, 0.3) is 10.0 Å². The average Bonchev–Trinajstić information content (AvgIpc) is 2.94. The number of anilines is 2. The Bertz CT molecular complexity index is 829. The van der Waals surface area contributed by atoms with Gasteiger partial charge in [-0.2, -0.15) is 0 Å². The first-order chi connectivity index (χ1) is 11.0. The number of amides is 1. The minimum Gasteiger partial charge on any atom is -0.312 e. The van der Waals surface area contributed by atoms with Gasteiger partial charge in [0.05, 0.1) is 4.90 Å². The summed E-state index contributed by atoms with van der Waals surface area (Å²) in [6.45, 7) is 2.48. The highest BCUT2D eigenvalue weighted by atomic mass is 32.2. The third-order valence-corrected chi connectivity index (χ3v) is 5.43. The van der Waals surface area contributed by atoms with Gasteiger partial charge in [-0.25, -0.2) is 8.42 Å². The Labute approximate surface area is 136 Å². The molecule has 0 bridgehead atoms. The molecular weight excluding hydrogens is 312 g/mol. The van der Waals surface area contributed by atoms with Crippen molar-refractivity contribution in [2.24, 2.45) is 0 Å². The van der Waals surface area contributed by atoms with Crippen LogP contribution in [-0.2, 0) is 14.8 Å². The molecule has 0 aromatic heterocycles. The van der Waals surface area contributed by atoms with E-state index in [0.29, 0.717) is 24.2 Å². The summed E-state index contributed by atoms with van der Waals surface area (Å²) in [5, 5.41) is 0. The van der Waals surface area contributed by atoms with E-state index >= 15 is 0 Å². The largest absolute Gasteiger partial charge is 0.312 e. The highest BCUT2D eigenvalue weighted by Gasteiger charge is 2.22. The third-order valence-electron chi connectivity index (χ3n) is 3.89. The van der Waals surface area contributed by atoms with Crippen molar-refractivity contribution in [2.75, 3.05) is 16.2 Å². The van der Waals surface area contributed by atoms with E-state index in [1.165, 1.54) is 0 Å². The van der Waals surface area contributed by atoms with Crippen LogP contribution < -0.4 is 9.62 Å². The number of nitrogens with one attached hydrogen (secondary N) is 1. The maximum absolute atomic E-state index is 12.4. The lowest BCUT2D eigenvalue weighted by atomic mass is 10.2. The molecule has 1 heterocycles. The highest BCUT2D eigenvalue weighted by molar-refractivity contribution is 7.92. The third kappa shape index (κ3) is 3.22. The quantitative estimate of drug-likeness (QED) is 0.937. The Morgan fingerprint density at radius 1 is 1.04 bits per heavy atom. The van der Waals surface area contributed by atoms with E-state index in [4.69, 9.17) is 0 Å². The number of hydrogen-bond donors (Lipinski definition) is 1. The molecule has 6 heteroatoms. The van der Waals surface area contributed by atoms with Crippen molar-refractivity contribution < 1.29 is 13.2 Å². The molecule has 120 valence electrons. The van der Waals surface area contributed by atoms with E-state index in [-0.39, 0.29) is 10.8 Å². The summed E-state index contributed by atoms with van der Waals surface area (Å²) < 4.78 is 27.5. The van der Waals surface area contributed by atoms with Crippen molar-refractivity contribution >= 4 is 27.3 Å². The van der Waals surface area contributed by atoms with Gasteiger partial charge in [0.15, 0.2) is 0 Å². The predicted molar refractivity (Wildman–Crippen MR) is 90.0 cm³/mol. The van der Waals surface area contributed by atoms with Crippen LogP contribution in [0.15, 0.2) is 53.4 Å². The first-order valence-electron chi connectivity index (χ1n) is 7.46. The summed E-state index contributed by atoms with van der Waals surface area (Å²) in [6.07, 6.45) is 1.43. The van der Waals surface area contributed by atoms with Crippen LogP contribution in [0.2, 0.25) is 0 Å². The monoisotopic (exact) mass is 330 g/mol. The van der Waals surface area contributed by atoms with E-state index in [1.807, 2.05) is 0 Å². The Morgan fingerprint density at radius 3 is 2.35 bits per heavy atom. The van der Waals surface area contributed by atoms with Gasteiger partial charge in [0.1, 0.15) is 0 Å². The van der Waals surface area contributed by atoms with Crippen LogP contribution in [0.4, 0.5) is 11.4 Å². The fourth-order valence-electron chi connectivity index (χ4n) is 2.70. The second kappa shape index (κ2) is 6.04. The van der Waals surface area contributed by atoms with Crippen LogP contribution in [0.1, 0.15) is 18.4 Å². The summed E-state index contributed by atoms with van der Waals surface area (Å²) >= 11 is 0. The van der Waals surface area contributed by atoms with Gasteiger partial charge in [0, 0.05) is 24.3 Å². The predicted octanol–water partition coefficient (Wildman–Crippen LogP) is 2.92. The van der Waals surface area contributed by atoms with E-state index in [9.17, 15) is 13.2 Å². The number of aryl methyl sites for hydroxylation is 1. The molecular formula is C17H18N2O3S. The fourth-order valence-corrected chi connectivity index (χ4v) is 4.00. The van der Waals surface area contributed by atoms with Crippen LogP contribution >= 0.6 is 0 Å². The molecule has 1 saturated heterocycles. The van der Waals surface area contributed by atoms with Gasteiger partial charge in [-0.1, -0.05) is 18.2 Å². The lowest BCUT2D eigenvalue weighted by Crippen LogP contribution is -2.23. The zero-order valence-electron chi connectivity index (χ0n) is 12.8. The summed E-state index contributed by atoms with van der Waals surface area (Å²) in [5.74, 6) is 0.109. The maximum Gasteiger partial charge on any atom is 0.262 e. The second-order valence-electron chi connectivity index (χ2n) is 5.57. The van der Waals surface area contributed by atoms with Crippen LogP contribution in [0.5, 0.6) is 0 Å². The lowest BCUT2D eigenvalue weighted by molar-refractivity contribution is -0.117. The number of sulfonamides is 1. The van der Waals surface area contributed by atoms with Gasteiger partial charge < -0.3 is 4.90 Å². The van der Waals surface area contributed by atoms with E-state index < -0.39 is 10.0 Å². The molecule has 3 rings (SSSR count). The molecule has 5 nitrogen and oxygen atoms in total. The van der Waals surface area contributed by atoms with E-state index in [0.717, 1.165) is 12.1 Å². The standard InChI is InChI=1S/C17H18N2O3S/c1-13-5-2-3-6-16(13)23(21,22)18-14-8-10-15(11-9-14)19-12-4-7-17(19)20/h2-3,5-6,8-11,18H,4,7,12H2,1H3. The Kier molecular flexibility index (Phi) is 4.09. The molecule has 1 fully saturated rings. The molecule has 1 N–H and O–H groups in total. The number of carbonyl (C=O) groups is 1. The van der Waals surface area contributed by atoms with Crippen molar-refractivity contribution in [3.8, 4) is 0 Å². The van der Waals surface area contributed by atoms with Crippen molar-refractivity contribution in [2.45, 2.75) is 24.7 Å². The first kappa shape index (κ1) is 15.6. The van der Waals surface area contributed by atoms with Gasteiger partial charge in [-0.3, -0.25) is 9.52 Å². The molecule has 2 aromatic rings. The average molecular weight is 330 g/mol. The molecule has 0 aliphatic carbocycles. The molecule has 2 aromatic carbocycles. The zero-order chi connectivity index (χ0) is 16.4. The Balaban J connectivity index is 1.81. The maximum atomic E-state index is 12.4. The van der Waals surface area contributed by atoms with Crippen LogP contribution in [0, 0.1) is 6.92 Å². The summed E-state index contributed by atoms with van der Waals surface area (Å²) in [7, 11) is -3.62. The number of rotatable bonds is 4. The van der Waals surface area contributed by atoms with Gasteiger partial charge in [0.2, 0.25) is 5.91 Å². The molecule has 1 aliphatic heterocycles. The molecule has 0 radical (unpaired) electrons. The molecule has 1 aliphatic rings. The van der Waals surface area contributed by atoms with Gasteiger partial charge in [-0.15, -0.1) is 0 Å². The van der Waals surface area contributed by atoms with Crippen molar-refractivity contribution in [3.05, 3.63) is 54.1 Å². The second-order valence-corrected chi connectivity index (χ2v) is 7.22. The topological polar surface area (TPSA) is 66.5 Å². The van der Waals surface area contributed by atoms with Crippen LogP contribution in [0.3, 0.4) is 0 Å². The normalized spacial score (nSPS) is 15.0. The molecule has 0 spiro atoms. The Morgan fingerprint density at radius 2 is 1.74 bits per heavy atom. The SMILES string of the molecule is Cc1ccccc1S(=O)(=O)Nc1ccc(N2CCCC2=O)cc1. The summed E-state index contributed by atoms with van der Waals surface area (Å²) in [6, 6.07) is 13.7. The Hall–Kier alpha value is -2.34. The lowest BCUT2D eigenvalue weighted by Gasteiger charge is -2.16. The minimum atomic E-state index is -3.62. The number of hydrogen-bond acceptors (Lipinski definition) is 3. The van der Waals surface area contributed by atoms with Crippen LogP contribution in [0.25, 0.3) is 0 Å². The fraction of sp³-hybridized carbons (Fsp3) is 0.235. The first-order valence-corrected chi connectivity index (χ1v) is 8.94. The van der Waals surface area contributed by atoms with Crippen molar-refractivity contribution in [1.29, 1.82) is 0 Å². The van der Waals surface area contributed by atoms with Gasteiger partial charge in [-0.05, 0) is 49.2 Å². The molecule has 0 saturated carbocycles. The van der Waals surface area contributed by atoms with E-state index in [2.05, 4.69) is 4.72 Å². The smallest absolute Gasteiger partial charge is 0.262 e. The number of nitrogens with zero attached hydrogens (tertiary/aromatic N) is 1. The van der Waals surface area contributed by atoms with Crippen molar-refractivity contribution in [3.63, 3.8) is 0 Å². The summed E-state index contributed by atoms with van der Waals surface area (Å²) in [4.78, 5) is 13.7. The number of benzene rings is 2. The molecule has 0 atom stereocenters. The molecule has 1 amide bonds. The van der Waals surface area contributed by atoms with Gasteiger partial charge >= 0.3 is 0 Å².